The second-order valence-electron chi connectivity index (χ2n) is 28.1. The smallest absolute Gasteiger partial charge is 0.160 e. The standard InChI is InChI=1S/C89H63N5/c1-87(2)72-28-13-7-22-59(72)65-49-82-68(46-75(65)87)62-25-10-16-31-79(62)92(82)56-39-34-52(35-40-56)85-71-45-55(54-20-19-21-58(44-54)94-81-33-18-12-27-64(81)70-48-77-67(51-84(70)94)61-24-9-15-30-74(61)89(77,5)6)38-43-78(71)90-86(91-85)53-36-41-57(42-37-53)93-80-32-17-11-26-63(80)69-47-76-66(50-83(69)93)60-23-8-14-29-73(60)88(76,3)4/h7-51H,1-6H3. The van der Waals surface area contributed by atoms with Gasteiger partial charge >= 0.3 is 0 Å². The number of benzene rings is 13. The van der Waals surface area contributed by atoms with Gasteiger partial charge in [-0.2, -0.15) is 0 Å². The summed E-state index contributed by atoms with van der Waals surface area (Å²) in [6.45, 7) is 14.2. The normalized spacial score (nSPS) is 14.5. The van der Waals surface area contributed by atoms with E-state index < -0.39 is 0 Å². The summed E-state index contributed by atoms with van der Waals surface area (Å²) < 4.78 is 7.35. The fourth-order valence-electron chi connectivity index (χ4n) is 17.3. The van der Waals surface area contributed by atoms with E-state index in [9.17, 15) is 0 Å². The van der Waals surface area contributed by atoms with Crippen molar-refractivity contribution in [2.45, 2.75) is 57.8 Å². The number of nitrogens with zero attached hydrogens (tertiary/aromatic N) is 5. The lowest BCUT2D eigenvalue weighted by Crippen LogP contribution is -2.14. The Kier molecular flexibility index (Phi) is 10.7. The molecular weight excluding hydrogens is 1140 g/mol. The number of aromatic nitrogens is 5. The molecule has 0 unspecified atom stereocenters. The predicted molar refractivity (Wildman–Crippen MR) is 392 cm³/mol. The lowest BCUT2D eigenvalue weighted by molar-refractivity contribution is 0.661. The lowest BCUT2D eigenvalue weighted by Gasteiger charge is -2.21. The topological polar surface area (TPSA) is 40.6 Å². The van der Waals surface area contributed by atoms with Crippen molar-refractivity contribution in [2.24, 2.45) is 0 Å². The molecule has 0 amide bonds. The average molecular weight is 1200 g/mol. The quantitative estimate of drug-likeness (QED) is 0.166. The Bertz CT molecular complexity index is 6180. The van der Waals surface area contributed by atoms with E-state index in [4.69, 9.17) is 9.97 Å². The molecule has 5 nitrogen and oxygen atoms in total. The Balaban J connectivity index is 0.740. The van der Waals surface area contributed by atoms with Crippen LogP contribution in [0, 0.1) is 0 Å². The molecule has 17 aromatic rings. The molecule has 0 bridgehead atoms. The monoisotopic (exact) mass is 1200 g/mol. The second-order valence-corrected chi connectivity index (χ2v) is 28.1. The summed E-state index contributed by atoms with van der Waals surface area (Å²) in [5.74, 6) is 0.676. The third-order valence-electron chi connectivity index (χ3n) is 22.0. The average Bonchev–Trinajstić information content (AvgIpc) is 1.55. The molecular formula is C89H63N5. The van der Waals surface area contributed by atoms with Gasteiger partial charge in [-0.15, -0.1) is 0 Å². The highest BCUT2D eigenvalue weighted by molar-refractivity contribution is 6.14. The first-order valence-electron chi connectivity index (χ1n) is 33.0. The first-order chi connectivity index (χ1) is 45.9. The minimum Gasteiger partial charge on any atom is -0.309 e. The van der Waals surface area contributed by atoms with E-state index in [2.05, 4.69) is 328 Å². The van der Waals surface area contributed by atoms with Gasteiger partial charge in [-0.1, -0.05) is 199 Å². The largest absolute Gasteiger partial charge is 0.309 e. The third-order valence-corrected chi connectivity index (χ3v) is 22.0. The van der Waals surface area contributed by atoms with Gasteiger partial charge in [-0.3, -0.25) is 0 Å². The van der Waals surface area contributed by atoms with Gasteiger partial charge in [0.15, 0.2) is 5.82 Å². The number of rotatable bonds is 6. The van der Waals surface area contributed by atoms with Gasteiger partial charge in [-0.05, 0) is 193 Å². The molecule has 94 heavy (non-hydrogen) atoms. The van der Waals surface area contributed by atoms with Crippen molar-refractivity contribution in [3.8, 4) is 84.2 Å². The van der Waals surface area contributed by atoms with Gasteiger partial charge in [0.05, 0.1) is 44.3 Å². The number of hydrogen-bond donors (Lipinski definition) is 0. The summed E-state index contributed by atoms with van der Waals surface area (Å²) in [6, 6.07) is 102. The molecule has 0 saturated carbocycles. The van der Waals surface area contributed by atoms with Crippen LogP contribution in [0.15, 0.2) is 273 Å². The molecule has 0 saturated heterocycles. The molecule has 0 spiro atoms. The van der Waals surface area contributed by atoms with Crippen LogP contribution in [0.5, 0.6) is 0 Å². The van der Waals surface area contributed by atoms with Crippen molar-refractivity contribution >= 4 is 76.3 Å². The Labute approximate surface area is 545 Å². The summed E-state index contributed by atoms with van der Waals surface area (Å²) in [7, 11) is 0. The SMILES string of the molecule is CC1(C)c2ccccc2-c2cc3c(cc21)c1ccccc1n3-c1ccc(-c2nc(-c3ccc(-n4c5ccccc5c5cc6c(cc54)-c4ccccc4C6(C)C)cc3)c3cc(-c4cccc(-n5c6ccccc6c6cc7c(cc65)-c5ccccc5C7(C)C)c4)ccc3n2)cc1. The molecule has 0 N–H and O–H groups in total. The first kappa shape index (κ1) is 53.3. The van der Waals surface area contributed by atoms with Crippen molar-refractivity contribution < 1.29 is 0 Å². The minimum absolute atomic E-state index is 0.0991. The Morgan fingerprint density at radius 3 is 1.07 bits per heavy atom. The maximum Gasteiger partial charge on any atom is 0.160 e. The van der Waals surface area contributed by atoms with Gasteiger partial charge in [-0.25, -0.2) is 9.97 Å². The number of para-hydroxylation sites is 3. The molecule has 4 aromatic heterocycles. The first-order valence-corrected chi connectivity index (χ1v) is 33.0. The highest BCUT2D eigenvalue weighted by atomic mass is 15.0. The van der Waals surface area contributed by atoms with E-state index in [1.807, 2.05) is 0 Å². The molecule has 0 aliphatic heterocycles. The van der Waals surface area contributed by atoms with Gasteiger partial charge in [0.25, 0.3) is 0 Å². The predicted octanol–water partition coefficient (Wildman–Crippen LogP) is 22.8. The van der Waals surface area contributed by atoms with Crippen LogP contribution in [0.2, 0.25) is 0 Å². The second kappa shape index (κ2) is 18.9. The van der Waals surface area contributed by atoms with Crippen LogP contribution < -0.4 is 0 Å². The summed E-state index contributed by atoms with van der Waals surface area (Å²) in [6.07, 6.45) is 0. The van der Waals surface area contributed by atoms with Crippen LogP contribution in [0.25, 0.3) is 161 Å². The maximum atomic E-state index is 5.66. The minimum atomic E-state index is -0.106. The Morgan fingerprint density at radius 1 is 0.234 bits per heavy atom. The van der Waals surface area contributed by atoms with Crippen LogP contribution in [0.4, 0.5) is 0 Å². The van der Waals surface area contributed by atoms with Crippen molar-refractivity contribution in [1.82, 2.24) is 23.7 Å². The van der Waals surface area contributed by atoms with Gasteiger partial charge in [0.2, 0.25) is 0 Å². The fraction of sp³-hybridized carbons (Fsp3) is 0.101. The van der Waals surface area contributed by atoms with E-state index in [0.717, 1.165) is 55.9 Å². The van der Waals surface area contributed by atoms with Gasteiger partial charge in [0, 0.05) is 82.1 Å². The molecule has 0 radical (unpaired) electrons. The molecule has 20 rings (SSSR count). The molecule has 5 heteroatoms. The Hall–Kier alpha value is -11.4. The van der Waals surface area contributed by atoms with Crippen molar-refractivity contribution in [3.05, 3.63) is 306 Å². The van der Waals surface area contributed by atoms with E-state index in [1.54, 1.807) is 0 Å². The number of hydrogen-bond acceptors (Lipinski definition) is 2. The van der Waals surface area contributed by atoms with E-state index in [1.165, 1.54) is 132 Å². The molecule has 0 atom stereocenters. The molecule has 444 valence electrons. The summed E-state index contributed by atoms with van der Waals surface area (Å²) in [5.41, 5.74) is 32.2. The molecule has 4 heterocycles. The van der Waals surface area contributed by atoms with Crippen molar-refractivity contribution in [2.75, 3.05) is 0 Å². The zero-order valence-electron chi connectivity index (χ0n) is 53.2. The molecule has 0 fully saturated rings. The van der Waals surface area contributed by atoms with Gasteiger partial charge < -0.3 is 13.7 Å². The van der Waals surface area contributed by atoms with Crippen LogP contribution in [-0.2, 0) is 16.2 Å². The van der Waals surface area contributed by atoms with Crippen LogP contribution in [0.1, 0.15) is 74.9 Å². The Morgan fingerprint density at radius 2 is 0.617 bits per heavy atom. The highest BCUT2D eigenvalue weighted by Crippen LogP contribution is 2.55. The van der Waals surface area contributed by atoms with Crippen LogP contribution >= 0.6 is 0 Å². The zero-order chi connectivity index (χ0) is 62.7. The summed E-state index contributed by atoms with van der Waals surface area (Å²) in [5, 5.41) is 8.54. The van der Waals surface area contributed by atoms with E-state index >= 15 is 0 Å². The molecule has 3 aliphatic rings. The van der Waals surface area contributed by atoms with Crippen LogP contribution in [-0.4, -0.2) is 23.7 Å². The maximum absolute atomic E-state index is 5.66. The van der Waals surface area contributed by atoms with Gasteiger partial charge in [0.1, 0.15) is 0 Å². The molecule has 3 aliphatic carbocycles. The molecule has 13 aromatic carbocycles. The zero-order valence-corrected chi connectivity index (χ0v) is 53.2. The highest BCUT2D eigenvalue weighted by Gasteiger charge is 2.39. The van der Waals surface area contributed by atoms with Crippen molar-refractivity contribution in [1.29, 1.82) is 0 Å². The van der Waals surface area contributed by atoms with Crippen LogP contribution in [0.3, 0.4) is 0 Å². The van der Waals surface area contributed by atoms with E-state index in [0.29, 0.717) is 5.82 Å². The lowest BCUT2D eigenvalue weighted by atomic mass is 9.82. The fourth-order valence-corrected chi connectivity index (χ4v) is 17.3. The summed E-state index contributed by atoms with van der Waals surface area (Å²) >= 11 is 0. The van der Waals surface area contributed by atoms with E-state index in [-0.39, 0.29) is 16.2 Å². The summed E-state index contributed by atoms with van der Waals surface area (Å²) in [4.78, 5) is 11.1. The van der Waals surface area contributed by atoms with Crippen molar-refractivity contribution in [3.63, 3.8) is 0 Å². The third kappa shape index (κ3) is 7.24. The number of fused-ring (bicyclic) bond motifs is 19.